The maximum Gasteiger partial charge on any atom is 0.325 e. The van der Waals surface area contributed by atoms with E-state index in [0.717, 1.165) is 25.7 Å². The second kappa shape index (κ2) is 9.18. The van der Waals surface area contributed by atoms with Crippen molar-refractivity contribution in [2.45, 2.75) is 43.5 Å². The molecule has 1 fully saturated rings. The van der Waals surface area contributed by atoms with Crippen LogP contribution in [0.3, 0.4) is 0 Å². The Labute approximate surface area is 159 Å². The van der Waals surface area contributed by atoms with Gasteiger partial charge in [-0.2, -0.15) is 0 Å². The molecule has 0 atom stereocenters. The molecule has 0 spiro atoms. The number of esters is 1. The van der Waals surface area contributed by atoms with Gasteiger partial charge in [0.2, 0.25) is 10.0 Å². The number of amides is 1. The second-order valence-corrected chi connectivity index (χ2v) is 8.12. The number of nitrogens with one attached hydrogen (secondary N) is 1. The van der Waals surface area contributed by atoms with Gasteiger partial charge in [0.25, 0.3) is 5.91 Å². The highest BCUT2D eigenvalue weighted by molar-refractivity contribution is 7.89. The van der Waals surface area contributed by atoms with Crippen molar-refractivity contribution in [3.05, 3.63) is 23.8 Å². The molecule has 1 amide bonds. The van der Waals surface area contributed by atoms with Crippen molar-refractivity contribution in [2.24, 2.45) is 0 Å². The number of methoxy groups -OCH3 is 1. The van der Waals surface area contributed by atoms with Crippen LogP contribution in [-0.2, 0) is 19.6 Å². The summed E-state index contributed by atoms with van der Waals surface area (Å²) in [6.45, 7) is 1.68. The van der Waals surface area contributed by atoms with Crippen molar-refractivity contribution in [1.82, 2.24) is 9.62 Å². The van der Waals surface area contributed by atoms with E-state index in [2.05, 4.69) is 4.72 Å². The largest absolute Gasteiger partial charge is 0.495 e. The highest BCUT2D eigenvalue weighted by atomic mass is 32.2. The first-order chi connectivity index (χ1) is 12.8. The van der Waals surface area contributed by atoms with Crippen molar-refractivity contribution in [3.8, 4) is 5.75 Å². The molecule has 0 saturated heterocycles. The maximum atomic E-state index is 12.8. The molecule has 1 N–H and O–H groups in total. The lowest BCUT2D eigenvalue weighted by atomic mass is 10.2. The van der Waals surface area contributed by atoms with Crippen molar-refractivity contribution in [2.75, 3.05) is 27.3 Å². The smallest absolute Gasteiger partial charge is 0.325 e. The summed E-state index contributed by atoms with van der Waals surface area (Å²) >= 11 is 0. The van der Waals surface area contributed by atoms with Crippen LogP contribution < -0.4 is 9.46 Å². The average molecular weight is 398 g/mol. The number of carbonyl (C=O) groups is 2. The van der Waals surface area contributed by atoms with Crippen molar-refractivity contribution in [1.29, 1.82) is 0 Å². The number of likely N-dealkylation sites (N-methyl/N-ethyl adjacent to an activating group) is 1. The van der Waals surface area contributed by atoms with Crippen LogP contribution in [0, 0.1) is 0 Å². The minimum absolute atomic E-state index is 0.0905. The second-order valence-electron chi connectivity index (χ2n) is 6.43. The first kappa shape index (κ1) is 21.2. The molecule has 9 heteroatoms. The van der Waals surface area contributed by atoms with E-state index >= 15 is 0 Å². The van der Waals surface area contributed by atoms with Gasteiger partial charge in [0.15, 0.2) is 0 Å². The highest BCUT2D eigenvalue weighted by Gasteiger charge is 2.27. The molecule has 27 heavy (non-hydrogen) atoms. The maximum absolute atomic E-state index is 12.8. The number of hydrogen-bond acceptors (Lipinski definition) is 6. The molecule has 1 aliphatic carbocycles. The van der Waals surface area contributed by atoms with Gasteiger partial charge in [-0.3, -0.25) is 9.59 Å². The van der Waals surface area contributed by atoms with E-state index in [9.17, 15) is 18.0 Å². The summed E-state index contributed by atoms with van der Waals surface area (Å²) in [4.78, 5) is 25.2. The predicted octanol–water partition coefficient (Wildman–Crippen LogP) is 1.55. The van der Waals surface area contributed by atoms with E-state index in [1.54, 1.807) is 6.92 Å². The lowest BCUT2D eigenvalue weighted by Crippen LogP contribution is -2.34. The first-order valence-electron chi connectivity index (χ1n) is 8.90. The van der Waals surface area contributed by atoms with Gasteiger partial charge < -0.3 is 14.4 Å². The number of benzene rings is 1. The Morgan fingerprint density at radius 3 is 2.52 bits per heavy atom. The van der Waals surface area contributed by atoms with E-state index in [1.165, 1.54) is 37.3 Å². The van der Waals surface area contributed by atoms with Crippen LogP contribution >= 0.6 is 0 Å². The van der Waals surface area contributed by atoms with Crippen LogP contribution in [0.1, 0.15) is 43.0 Å². The number of rotatable bonds is 8. The van der Waals surface area contributed by atoms with Gasteiger partial charge in [0, 0.05) is 18.7 Å². The molecule has 1 saturated carbocycles. The third kappa shape index (κ3) is 5.43. The Balaban J connectivity index is 2.25. The highest BCUT2D eigenvalue weighted by Crippen LogP contribution is 2.27. The zero-order valence-corrected chi connectivity index (χ0v) is 16.7. The van der Waals surface area contributed by atoms with Crippen molar-refractivity contribution < 1.29 is 27.5 Å². The Kier molecular flexibility index (Phi) is 7.20. The number of hydrogen-bond donors (Lipinski definition) is 1. The van der Waals surface area contributed by atoms with Gasteiger partial charge >= 0.3 is 5.97 Å². The molecule has 1 aromatic carbocycles. The topological polar surface area (TPSA) is 102 Å². The lowest BCUT2D eigenvalue weighted by Gasteiger charge is -2.18. The molecular weight excluding hydrogens is 372 g/mol. The van der Waals surface area contributed by atoms with Gasteiger partial charge in [-0.05, 0) is 38.0 Å². The van der Waals surface area contributed by atoms with Crippen LogP contribution in [0.25, 0.3) is 0 Å². The molecule has 150 valence electrons. The van der Waals surface area contributed by atoms with Crippen molar-refractivity contribution >= 4 is 21.9 Å². The summed E-state index contributed by atoms with van der Waals surface area (Å²) in [5, 5.41) is 0. The van der Waals surface area contributed by atoms with Gasteiger partial charge in [-0.15, -0.1) is 0 Å². The molecule has 0 radical (unpaired) electrons. The SMILES string of the molecule is CCOC(=O)CN(C)C(=O)c1ccc(OC)c(S(=O)(=O)NC2CCCC2)c1. The predicted molar refractivity (Wildman–Crippen MR) is 99.2 cm³/mol. The molecule has 0 bridgehead atoms. The van der Waals surface area contributed by atoms with Crippen LogP contribution in [0.2, 0.25) is 0 Å². The molecular formula is C18H26N2O6S. The van der Waals surface area contributed by atoms with E-state index in [0.29, 0.717) is 0 Å². The molecule has 1 aromatic rings. The molecule has 0 aliphatic heterocycles. The van der Waals surface area contributed by atoms with E-state index in [4.69, 9.17) is 9.47 Å². The average Bonchev–Trinajstić information content (AvgIpc) is 3.12. The Bertz CT molecular complexity index is 787. The molecule has 0 aromatic heterocycles. The van der Waals surface area contributed by atoms with Crippen LogP contribution in [0.4, 0.5) is 0 Å². The van der Waals surface area contributed by atoms with E-state index in [1.807, 2.05) is 0 Å². The fraction of sp³-hybridized carbons (Fsp3) is 0.556. The van der Waals surface area contributed by atoms with Crippen molar-refractivity contribution in [3.63, 3.8) is 0 Å². The minimum atomic E-state index is -3.84. The number of sulfonamides is 1. The Morgan fingerprint density at radius 2 is 1.93 bits per heavy atom. The third-order valence-corrected chi connectivity index (χ3v) is 5.94. The van der Waals surface area contributed by atoms with Crippen LogP contribution in [0.5, 0.6) is 5.75 Å². The van der Waals surface area contributed by atoms with E-state index in [-0.39, 0.29) is 35.4 Å². The van der Waals surface area contributed by atoms with E-state index < -0.39 is 21.9 Å². The van der Waals surface area contributed by atoms with Gasteiger partial charge in [0.05, 0.1) is 13.7 Å². The van der Waals surface area contributed by atoms with Gasteiger partial charge in [-0.25, -0.2) is 13.1 Å². The minimum Gasteiger partial charge on any atom is -0.495 e. The standard InChI is InChI=1S/C18H26N2O6S/c1-4-26-17(21)12-20(2)18(22)13-9-10-15(25-3)16(11-13)27(23,24)19-14-7-5-6-8-14/h9-11,14,19H,4-8,12H2,1-3H3. The van der Waals surface area contributed by atoms with Gasteiger partial charge in [-0.1, -0.05) is 12.8 Å². The number of carbonyl (C=O) groups excluding carboxylic acids is 2. The Hall–Kier alpha value is -2.13. The van der Waals surface area contributed by atoms with Gasteiger partial charge in [0.1, 0.15) is 17.2 Å². The van der Waals surface area contributed by atoms with Crippen LogP contribution in [-0.4, -0.2) is 58.5 Å². The molecule has 8 nitrogen and oxygen atoms in total. The zero-order valence-electron chi connectivity index (χ0n) is 15.9. The zero-order chi connectivity index (χ0) is 20.0. The summed E-state index contributed by atoms with van der Waals surface area (Å²) in [7, 11) is -1.01. The molecule has 1 aliphatic rings. The quantitative estimate of drug-likeness (QED) is 0.667. The Morgan fingerprint density at radius 1 is 1.26 bits per heavy atom. The number of nitrogens with zero attached hydrogens (tertiary/aromatic N) is 1. The number of ether oxygens (including phenoxy) is 2. The summed E-state index contributed by atoms with van der Waals surface area (Å²) in [5.74, 6) is -0.856. The summed E-state index contributed by atoms with van der Waals surface area (Å²) < 4.78 is 38.3. The summed E-state index contributed by atoms with van der Waals surface area (Å²) in [5.41, 5.74) is 0.148. The fourth-order valence-corrected chi connectivity index (χ4v) is 4.54. The monoisotopic (exact) mass is 398 g/mol. The summed E-state index contributed by atoms with van der Waals surface area (Å²) in [6.07, 6.45) is 3.56. The first-order valence-corrected chi connectivity index (χ1v) is 10.4. The molecule has 2 rings (SSSR count). The third-order valence-electron chi connectivity index (χ3n) is 4.40. The molecule has 0 unspecified atom stereocenters. The molecule has 0 heterocycles. The summed E-state index contributed by atoms with van der Waals surface area (Å²) in [6, 6.07) is 4.08. The fourth-order valence-electron chi connectivity index (χ4n) is 3.04. The van der Waals surface area contributed by atoms with Crippen LogP contribution in [0.15, 0.2) is 23.1 Å². The lowest BCUT2D eigenvalue weighted by molar-refractivity contribution is -0.143. The normalized spacial score (nSPS) is 14.8.